The Hall–Kier alpha value is -7.22. The summed E-state index contributed by atoms with van der Waals surface area (Å²) in [6, 6.07) is 60.6. The minimum absolute atomic E-state index is 0.587. The first-order chi connectivity index (χ1) is 26.5. The Balaban J connectivity index is 1.16. The van der Waals surface area contributed by atoms with Gasteiger partial charge in [0.25, 0.3) is 0 Å². The van der Waals surface area contributed by atoms with Crippen molar-refractivity contribution in [2.24, 2.45) is 0 Å². The van der Waals surface area contributed by atoms with Crippen LogP contribution < -0.4 is 0 Å². The van der Waals surface area contributed by atoms with E-state index in [0.29, 0.717) is 5.56 Å². The number of aryl methyl sites for hydroxylation is 2. The summed E-state index contributed by atoms with van der Waals surface area (Å²) in [5, 5.41) is 14.9. The zero-order chi connectivity index (χ0) is 36.3. The van der Waals surface area contributed by atoms with Crippen LogP contribution in [0.3, 0.4) is 0 Å². The van der Waals surface area contributed by atoms with Crippen LogP contribution >= 0.6 is 0 Å². The molecule has 254 valence electrons. The molecule has 0 N–H and O–H groups in total. The number of hydrogen-bond donors (Lipinski definition) is 0. The molecule has 4 heteroatoms. The minimum Gasteiger partial charge on any atom is -0.309 e. The van der Waals surface area contributed by atoms with Gasteiger partial charge in [-0.05, 0) is 103 Å². The van der Waals surface area contributed by atoms with Crippen LogP contribution in [0.5, 0.6) is 0 Å². The van der Waals surface area contributed by atoms with Crippen LogP contribution in [0.4, 0.5) is 0 Å². The maximum atomic E-state index is 10.1. The number of nitrogens with zero attached hydrogens (tertiary/aromatic N) is 4. The van der Waals surface area contributed by atoms with Crippen LogP contribution in [0.2, 0.25) is 0 Å². The van der Waals surface area contributed by atoms with Gasteiger partial charge >= 0.3 is 0 Å². The lowest BCUT2D eigenvalue weighted by Gasteiger charge is -2.15. The molecule has 0 unspecified atom stereocenters. The van der Waals surface area contributed by atoms with E-state index in [9.17, 15) is 5.26 Å². The fraction of sp³-hybridized carbons (Fsp3) is 0.0400. The molecule has 0 spiro atoms. The van der Waals surface area contributed by atoms with Gasteiger partial charge in [-0.25, -0.2) is 0 Å². The van der Waals surface area contributed by atoms with Gasteiger partial charge in [0.15, 0.2) is 0 Å². The summed E-state index contributed by atoms with van der Waals surface area (Å²) in [5.74, 6) is 0. The molecule has 0 aliphatic carbocycles. The molecule has 0 atom stereocenters. The molecule has 7 aromatic carbocycles. The van der Waals surface area contributed by atoms with E-state index in [1.54, 1.807) is 0 Å². The van der Waals surface area contributed by atoms with Gasteiger partial charge < -0.3 is 9.13 Å². The Bertz CT molecular complexity index is 3120. The first-order valence-electron chi connectivity index (χ1n) is 18.3. The van der Waals surface area contributed by atoms with Crippen molar-refractivity contribution in [2.45, 2.75) is 13.8 Å². The standard InChI is InChI=1S/C50H34N4/c1-32-11-16-35(17-12-32)37-20-23-48-42(28-37)40-7-3-5-9-46(40)53(48)39-25-26-52-45(30-39)44-27-34(31-51)15-22-50(44)54-47-10-6-4-8-41(47)43-29-38(21-24-49(43)54)36-18-13-33(2)14-19-36/h3-30H,1-2H3. The van der Waals surface area contributed by atoms with Crippen molar-refractivity contribution >= 4 is 43.6 Å². The van der Waals surface area contributed by atoms with E-state index < -0.39 is 0 Å². The Morgan fingerprint density at radius 1 is 0.463 bits per heavy atom. The van der Waals surface area contributed by atoms with Crippen molar-refractivity contribution in [3.05, 3.63) is 187 Å². The molecule has 0 aliphatic heterocycles. The largest absolute Gasteiger partial charge is 0.309 e. The highest BCUT2D eigenvalue weighted by atomic mass is 15.0. The van der Waals surface area contributed by atoms with E-state index in [4.69, 9.17) is 4.98 Å². The molecular formula is C50H34N4. The first-order valence-corrected chi connectivity index (χ1v) is 18.3. The van der Waals surface area contributed by atoms with Gasteiger partial charge in [-0.15, -0.1) is 0 Å². The van der Waals surface area contributed by atoms with E-state index in [0.717, 1.165) is 44.7 Å². The minimum atomic E-state index is 0.587. The summed E-state index contributed by atoms with van der Waals surface area (Å²) in [7, 11) is 0. The van der Waals surface area contributed by atoms with Gasteiger partial charge in [0.2, 0.25) is 0 Å². The van der Waals surface area contributed by atoms with Gasteiger partial charge in [0.1, 0.15) is 0 Å². The van der Waals surface area contributed by atoms with Gasteiger partial charge in [-0.1, -0.05) is 108 Å². The quantitative estimate of drug-likeness (QED) is 0.180. The molecule has 0 saturated heterocycles. The monoisotopic (exact) mass is 690 g/mol. The maximum Gasteiger partial charge on any atom is 0.0991 e. The summed E-state index contributed by atoms with van der Waals surface area (Å²) in [5.41, 5.74) is 16.0. The number of aromatic nitrogens is 3. The average Bonchev–Trinajstić information content (AvgIpc) is 3.73. The topological polar surface area (TPSA) is 46.5 Å². The molecular weight excluding hydrogens is 657 g/mol. The predicted octanol–water partition coefficient (Wildman–Crippen LogP) is 12.8. The summed E-state index contributed by atoms with van der Waals surface area (Å²) in [4.78, 5) is 4.97. The van der Waals surface area contributed by atoms with E-state index >= 15 is 0 Å². The number of hydrogen-bond acceptors (Lipinski definition) is 2. The lowest BCUT2D eigenvalue weighted by Crippen LogP contribution is -2.00. The smallest absolute Gasteiger partial charge is 0.0991 e. The van der Waals surface area contributed by atoms with Crippen molar-refractivity contribution in [1.29, 1.82) is 5.26 Å². The van der Waals surface area contributed by atoms with E-state index in [-0.39, 0.29) is 0 Å². The van der Waals surface area contributed by atoms with Crippen LogP contribution in [0, 0.1) is 25.2 Å². The van der Waals surface area contributed by atoms with Gasteiger partial charge in [0.05, 0.1) is 45.1 Å². The zero-order valence-corrected chi connectivity index (χ0v) is 30.0. The van der Waals surface area contributed by atoms with Crippen LogP contribution in [-0.2, 0) is 0 Å². The first kappa shape index (κ1) is 31.5. The third-order valence-electron chi connectivity index (χ3n) is 10.8. The number of nitriles is 1. The molecule has 3 aromatic heterocycles. The third kappa shape index (κ3) is 5.10. The highest BCUT2D eigenvalue weighted by Gasteiger charge is 2.19. The predicted molar refractivity (Wildman–Crippen MR) is 223 cm³/mol. The van der Waals surface area contributed by atoms with Crippen LogP contribution in [0.15, 0.2) is 170 Å². The Kier molecular flexibility index (Phi) is 7.28. The van der Waals surface area contributed by atoms with Gasteiger partial charge in [-0.2, -0.15) is 5.26 Å². The number of para-hydroxylation sites is 2. The van der Waals surface area contributed by atoms with Crippen molar-refractivity contribution in [1.82, 2.24) is 14.1 Å². The average molecular weight is 691 g/mol. The van der Waals surface area contributed by atoms with Crippen molar-refractivity contribution in [3.8, 4) is 51.0 Å². The van der Waals surface area contributed by atoms with Crippen molar-refractivity contribution in [3.63, 3.8) is 0 Å². The SMILES string of the molecule is Cc1ccc(-c2ccc3c(c2)c2ccccc2n3-c2ccnc(-c3cc(C#N)ccc3-n3c4ccccc4c4cc(-c5ccc(C)cc5)ccc43)c2)cc1. The third-order valence-corrected chi connectivity index (χ3v) is 10.8. The molecule has 54 heavy (non-hydrogen) atoms. The van der Waals surface area contributed by atoms with E-state index in [1.165, 1.54) is 54.9 Å². The number of fused-ring (bicyclic) bond motifs is 6. The summed E-state index contributed by atoms with van der Waals surface area (Å²) in [6.45, 7) is 4.24. The van der Waals surface area contributed by atoms with Crippen molar-refractivity contribution in [2.75, 3.05) is 0 Å². The van der Waals surface area contributed by atoms with Crippen LogP contribution in [-0.4, -0.2) is 14.1 Å². The second-order valence-electron chi connectivity index (χ2n) is 14.1. The Morgan fingerprint density at radius 3 is 1.57 bits per heavy atom. The van der Waals surface area contributed by atoms with Crippen LogP contribution in [0.25, 0.3) is 88.5 Å². The maximum absolute atomic E-state index is 10.1. The number of benzene rings is 7. The molecule has 0 bridgehead atoms. The van der Waals surface area contributed by atoms with Crippen LogP contribution in [0.1, 0.15) is 16.7 Å². The highest BCUT2D eigenvalue weighted by Crippen LogP contribution is 2.40. The molecule has 10 aromatic rings. The second kappa shape index (κ2) is 12.5. The van der Waals surface area contributed by atoms with E-state index in [2.05, 4.69) is 181 Å². The fourth-order valence-electron chi connectivity index (χ4n) is 8.05. The lowest BCUT2D eigenvalue weighted by atomic mass is 10.0. The van der Waals surface area contributed by atoms with Crippen molar-refractivity contribution < 1.29 is 0 Å². The van der Waals surface area contributed by atoms with Gasteiger partial charge in [0, 0.05) is 39.0 Å². The molecule has 0 fully saturated rings. The van der Waals surface area contributed by atoms with E-state index in [1.807, 2.05) is 18.3 Å². The highest BCUT2D eigenvalue weighted by molar-refractivity contribution is 6.12. The Morgan fingerprint density at radius 2 is 0.981 bits per heavy atom. The number of pyridine rings is 1. The molecule has 0 saturated carbocycles. The summed E-state index contributed by atoms with van der Waals surface area (Å²) >= 11 is 0. The summed E-state index contributed by atoms with van der Waals surface area (Å²) < 4.78 is 4.65. The second-order valence-corrected chi connectivity index (χ2v) is 14.1. The zero-order valence-electron chi connectivity index (χ0n) is 30.0. The lowest BCUT2D eigenvalue weighted by molar-refractivity contribution is 1.14. The normalized spacial score (nSPS) is 11.5. The fourth-order valence-corrected chi connectivity index (χ4v) is 8.05. The molecule has 10 rings (SSSR count). The molecule has 4 nitrogen and oxygen atoms in total. The molecule has 0 aliphatic rings. The molecule has 0 amide bonds. The van der Waals surface area contributed by atoms with Gasteiger partial charge in [-0.3, -0.25) is 4.98 Å². The number of rotatable bonds is 5. The Labute approximate surface area is 313 Å². The summed E-state index contributed by atoms with van der Waals surface area (Å²) in [6.07, 6.45) is 1.88. The molecule has 3 heterocycles. The molecule has 0 radical (unpaired) electrons.